The lowest BCUT2D eigenvalue weighted by Crippen LogP contribution is -2.05. The molecule has 28 valence electrons. The van der Waals surface area contributed by atoms with Crippen molar-refractivity contribution in [3.8, 4) is 0 Å². The number of halogens is 1. The van der Waals surface area contributed by atoms with Gasteiger partial charge >= 0.3 is 0 Å². The highest BCUT2D eigenvalue weighted by Crippen LogP contribution is 2.07. The second-order valence-electron chi connectivity index (χ2n) is 1.56. The minimum Gasteiger partial charge on any atom is -0.0966 e. The van der Waals surface area contributed by atoms with E-state index in [1.165, 1.54) is 0 Å². The van der Waals surface area contributed by atoms with Crippen molar-refractivity contribution in [1.29, 1.82) is 0 Å². The van der Waals surface area contributed by atoms with Gasteiger partial charge in [0.2, 0.25) is 0 Å². The topological polar surface area (TPSA) is 0 Å². The van der Waals surface area contributed by atoms with Gasteiger partial charge in [-0.15, -0.1) is 0 Å². The quantitative estimate of drug-likeness (QED) is 0.344. The summed E-state index contributed by atoms with van der Waals surface area (Å²) in [6, 6.07) is 0. The molecule has 0 aromatic rings. The zero-order valence-electron chi connectivity index (χ0n) is 3.46. The van der Waals surface area contributed by atoms with Crippen LogP contribution in [0.25, 0.3) is 0 Å². The lowest BCUT2D eigenvalue weighted by atomic mass is 9.92. The molecular formula is C3H6BBr. The maximum absolute atomic E-state index is 5.27. The number of alkyl halides is 1. The third-order valence-corrected chi connectivity index (χ3v) is 0. The molecule has 0 aliphatic carbocycles. The minimum absolute atomic E-state index is 0.188. The zero-order chi connectivity index (χ0) is 4.50. The maximum atomic E-state index is 5.27. The molecule has 2 radical (unpaired) electrons. The van der Waals surface area contributed by atoms with Crippen molar-refractivity contribution in [2.75, 3.05) is 0 Å². The average molecular weight is 133 g/mol. The van der Waals surface area contributed by atoms with E-state index in [0.29, 0.717) is 0 Å². The van der Waals surface area contributed by atoms with Crippen LogP contribution in [0, 0.1) is 0 Å². The molecule has 0 unspecified atom stereocenters. The predicted octanol–water partition coefficient (Wildman–Crippen LogP) is 1.29. The van der Waals surface area contributed by atoms with Crippen molar-refractivity contribution in [3.63, 3.8) is 0 Å². The molecule has 0 saturated heterocycles. The molecular weight excluding hydrogens is 127 g/mol. The summed E-state index contributed by atoms with van der Waals surface area (Å²) in [5.74, 6) is 0. The number of hydrogen-bond acceptors (Lipinski definition) is 0. The number of hydrogen-bond donors (Lipinski definition) is 0. The first-order valence-electron chi connectivity index (χ1n) is 1.48. The van der Waals surface area contributed by atoms with Crippen LogP contribution < -0.4 is 0 Å². The van der Waals surface area contributed by atoms with Crippen LogP contribution in [0.15, 0.2) is 0 Å². The predicted molar refractivity (Wildman–Crippen MR) is 28.8 cm³/mol. The van der Waals surface area contributed by atoms with Crippen LogP contribution >= 0.6 is 15.9 Å². The van der Waals surface area contributed by atoms with Crippen molar-refractivity contribution in [2.45, 2.75) is 18.1 Å². The van der Waals surface area contributed by atoms with Crippen LogP contribution in [0.3, 0.4) is 0 Å². The van der Waals surface area contributed by atoms with Gasteiger partial charge in [-0.05, 0) is 4.22 Å². The third kappa shape index (κ3) is 99.1. The van der Waals surface area contributed by atoms with Crippen molar-refractivity contribution in [3.05, 3.63) is 0 Å². The highest BCUT2D eigenvalue weighted by Gasteiger charge is 1.98. The molecule has 0 rings (SSSR count). The molecule has 0 aliphatic rings. The van der Waals surface area contributed by atoms with E-state index >= 15 is 0 Å². The van der Waals surface area contributed by atoms with Crippen molar-refractivity contribution >= 4 is 23.8 Å². The van der Waals surface area contributed by atoms with Gasteiger partial charge in [0.15, 0.2) is 0 Å². The summed E-state index contributed by atoms with van der Waals surface area (Å²) in [6.07, 6.45) is 0. The van der Waals surface area contributed by atoms with E-state index in [4.69, 9.17) is 7.85 Å². The standard InChI is InChI=1S/C3H6BBr/c1-3(2,4)5/h1-2H3. The van der Waals surface area contributed by atoms with E-state index in [9.17, 15) is 0 Å². The van der Waals surface area contributed by atoms with Crippen LogP contribution in [-0.2, 0) is 0 Å². The Bertz CT molecular complexity index is 22.4. The average Bonchev–Trinajstić information content (AvgIpc) is 0.722. The summed E-state index contributed by atoms with van der Waals surface area (Å²) in [6.45, 7) is 3.76. The van der Waals surface area contributed by atoms with Crippen molar-refractivity contribution in [1.82, 2.24) is 0 Å². The van der Waals surface area contributed by atoms with Gasteiger partial charge in [0.1, 0.15) is 0 Å². The van der Waals surface area contributed by atoms with E-state index in [2.05, 4.69) is 15.9 Å². The number of rotatable bonds is 0. The SMILES string of the molecule is [B]C(C)(C)Br. The molecule has 0 bridgehead atoms. The fourth-order valence-corrected chi connectivity index (χ4v) is 0. The van der Waals surface area contributed by atoms with Crippen LogP contribution in [-0.4, -0.2) is 12.1 Å². The smallest absolute Gasteiger partial charge is 0.0894 e. The highest BCUT2D eigenvalue weighted by atomic mass is 79.9. The monoisotopic (exact) mass is 132 g/mol. The normalized spacial score (nSPS) is 11.8. The highest BCUT2D eigenvalue weighted by molar-refractivity contribution is 9.10. The Morgan fingerprint density at radius 2 is 1.60 bits per heavy atom. The van der Waals surface area contributed by atoms with Crippen LogP contribution in [0.5, 0.6) is 0 Å². The van der Waals surface area contributed by atoms with Gasteiger partial charge in [-0.3, -0.25) is 0 Å². The molecule has 2 heteroatoms. The summed E-state index contributed by atoms with van der Waals surface area (Å²) in [7, 11) is 5.27. The van der Waals surface area contributed by atoms with Gasteiger partial charge < -0.3 is 0 Å². The zero-order valence-corrected chi connectivity index (χ0v) is 5.04. The van der Waals surface area contributed by atoms with E-state index in [1.807, 2.05) is 13.8 Å². The molecule has 0 spiro atoms. The Hall–Kier alpha value is 0.545. The largest absolute Gasteiger partial charge is 0.0966 e. The fraction of sp³-hybridized carbons (Fsp3) is 1.00. The molecule has 0 saturated carbocycles. The van der Waals surface area contributed by atoms with Gasteiger partial charge in [-0.2, -0.15) is 0 Å². The van der Waals surface area contributed by atoms with Gasteiger partial charge in [-0.1, -0.05) is 29.8 Å². The van der Waals surface area contributed by atoms with E-state index in [0.717, 1.165) is 0 Å². The second kappa shape index (κ2) is 1.33. The van der Waals surface area contributed by atoms with Gasteiger partial charge in [0.05, 0.1) is 7.85 Å². The summed E-state index contributed by atoms with van der Waals surface area (Å²) < 4.78 is -0.188. The molecule has 0 N–H and O–H groups in total. The molecule has 0 aromatic carbocycles. The Morgan fingerprint density at radius 3 is 1.60 bits per heavy atom. The van der Waals surface area contributed by atoms with Gasteiger partial charge in [0, 0.05) is 0 Å². The van der Waals surface area contributed by atoms with Gasteiger partial charge in [-0.25, -0.2) is 0 Å². The van der Waals surface area contributed by atoms with Crippen LogP contribution in [0.4, 0.5) is 0 Å². The lowest BCUT2D eigenvalue weighted by molar-refractivity contribution is 1.03. The molecule has 0 aromatic heterocycles. The molecule has 0 nitrogen and oxygen atoms in total. The summed E-state index contributed by atoms with van der Waals surface area (Å²) in [5, 5.41) is 0. The van der Waals surface area contributed by atoms with Crippen LogP contribution in [0.2, 0.25) is 0 Å². The second-order valence-corrected chi connectivity index (χ2v) is 3.61. The summed E-state index contributed by atoms with van der Waals surface area (Å²) in [5.41, 5.74) is 0. The first kappa shape index (κ1) is 5.54. The third-order valence-electron chi connectivity index (χ3n) is 0. The Kier molecular flexibility index (Phi) is 1.48. The van der Waals surface area contributed by atoms with Crippen molar-refractivity contribution < 1.29 is 0 Å². The molecule has 0 amide bonds. The molecule has 0 fully saturated rings. The first-order valence-corrected chi connectivity index (χ1v) is 2.27. The maximum Gasteiger partial charge on any atom is 0.0894 e. The van der Waals surface area contributed by atoms with Crippen molar-refractivity contribution in [2.24, 2.45) is 0 Å². The molecule has 0 atom stereocenters. The molecule has 5 heavy (non-hydrogen) atoms. The fourth-order valence-electron chi connectivity index (χ4n) is 0. The van der Waals surface area contributed by atoms with Gasteiger partial charge in [0.25, 0.3) is 0 Å². The minimum atomic E-state index is -0.188. The Labute approximate surface area is 42.5 Å². The molecule has 0 heterocycles. The van der Waals surface area contributed by atoms with E-state index in [-0.39, 0.29) is 4.22 Å². The Morgan fingerprint density at radius 1 is 1.60 bits per heavy atom. The first-order chi connectivity index (χ1) is 2.00. The molecule has 0 aliphatic heterocycles. The Balaban J connectivity index is 3.02. The van der Waals surface area contributed by atoms with E-state index in [1.54, 1.807) is 0 Å². The van der Waals surface area contributed by atoms with E-state index < -0.39 is 0 Å². The lowest BCUT2D eigenvalue weighted by Gasteiger charge is -2.02. The summed E-state index contributed by atoms with van der Waals surface area (Å²) in [4.78, 5) is 0. The van der Waals surface area contributed by atoms with Crippen LogP contribution in [0.1, 0.15) is 13.8 Å². The summed E-state index contributed by atoms with van der Waals surface area (Å²) >= 11 is 3.15.